The molecule has 0 unspecified atom stereocenters. The molecule has 1 aliphatic heterocycles. The van der Waals surface area contributed by atoms with Gasteiger partial charge in [-0.3, -0.25) is 0 Å². The highest BCUT2D eigenvalue weighted by molar-refractivity contribution is 6.62. The Hall–Kier alpha value is -1.26. The molecule has 0 atom stereocenters. The molecule has 0 aliphatic carbocycles. The van der Waals surface area contributed by atoms with Crippen LogP contribution in [0.1, 0.15) is 65.0 Å². The molecule has 0 spiro atoms. The van der Waals surface area contributed by atoms with Crippen molar-refractivity contribution in [2.45, 2.75) is 71.5 Å². The van der Waals surface area contributed by atoms with Crippen molar-refractivity contribution in [3.63, 3.8) is 0 Å². The van der Waals surface area contributed by atoms with Crippen molar-refractivity contribution < 1.29 is 14.4 Å². The number of benzene rings is 1. The van der Waals surface area contributed by atoms with Crippen molar-refractivity contribution in [1.29, 1.82) is 0 Å². The maximum atomic E-state index is 10.8. The molecule has 0 aromatic heterocycles. The Labute approximate surface area is 140 Å². The number of aryl methyl sites for hydroxylation is 1. The van der Waals surface area contributed by atoms with Crippen molar-refractivity contribution >= 4 is 12.6 Å². The summed E-state index contributed by atoms with van der Waals surface area (Å²) in [6, 6.07) is 6.16. The Bertz CT molecular complexity index is 576. The highest BCUT2D eigenvalue weighted by Gasteiger charge is 2.43. The standard InChI is InChI=1S/C19H29BO3/c1-7-10-15-13-16(19(21,8-2)9-3)11-12-17(15)20-22-14(4)18(5,6)23-20/h11-13,21H,4,7-10H2,1-3,5-6H3. The van der Waals surface area contributed by atoms with Crippen molar-refractivity contribution in [2.75, 3.05) is 0 Å². The van der Waals surface area contributed by atoms with Gasteiger partial charge >= 0.3 is 7.12 Å². The molecule has 1 fully saturated rings. The number of rotatable bonds is 6. The lowest BCUT2D eigenvalue weighted by Crippen LogP contribution is -2.37. The lowest BCUT2D eigenvalue weighted by Gasteiger charge is -2.27. The summed E-state index contributed by atoms with van der Waals surface area (Å²) in [4.78, 5) is 0. The zero-order chi connectivity index (χ0) is 17.3. The van der Waals surface area contributed by atoms with Crippen LogP contribution in [0, 0.1) is 0 Å². The van der Waals surface area contributed by atoms with E-state index in [1.165, 1.54) is 5.56 Å². The third kappa shape index (κ3) is 3.48. The first-order valence-electron chi connectivity index (χ1n) is 8.67. The molecule has 1 aromatic rings. The average molecular weight is 316 g/mol. The minimum Gasteiger partial charge on any atom is -0.534 e. The van der Waals surface area contributed by atoms with E-state index in [-0.39, 0.29) is 0 Å². The SMILES string of the molecule is C=C1OB(c2ccc(C(O)(CC)CC)cc2CCC)OC1(C)C. The van der Waals surface area contributed by atoms with Gasteiger partial charge in [0.15, 0.2) is 0 Å². The molecule has 0 radical (unpaired) electrons. The Morgan fingerprint density at radius 2 is 1.87 bits per heavy atom. The highest BCUT2D eigenvalue weighted by atomic mass is 16.7. The average Bonchev–Trinajstić information content (AvgIpc) is 2.80. The van der Waals surface area contributed by atoms with Crippen LogP contribution in [0.4, 0.5) is 0 Å². The van der Waals surface area contributed by atoms with Crippen LogP contribution in [0.15, 0.2) is 30.5 Å². The summed E-state index contributed by atoms with van der Waals surface area (Å²) in [5, 5.41) is 10.8. The molecule has 1 aromatic carbocycles. The first-order valence-corrected chi connectivity index (χ1v) is 8.67. The summed E-state index contributed by atoms with van der Waals surface area (Å²) in [7, 11) is -0.413. The van der Waals surface area contributed by atoms with E-state index in [1.54, 1.807) is 0 Å². The summed E-state index contributed by atoms with van der Waals surface area (Å²) >= 11 is 0. The second-order valence-corrected chi connectivity index (χ2v) is 6.90. The van der Waals surface area contributed by atoms with Gasteiger partial charge in [0.2, 0.25) is 0 Å². The van der Waals surface area contributed by atoms with E-state index in [4.69, 9.17) is 9.31 Å². The highest BCUT2D eigenvalue weighted by Crippen LogP contribution is 2.32. The van der Waals surface area contributed by atoms with Gasteiger partial charge in [-0.15, -0.1) is 0 Å². The molecule has 2 rings (SSSR count). The Balaban J connectivity index is 2.40. The van der Waals surface area contributed by atoms with Crippen LogP contribution in [0.25, 0.3) is 0 Å². The zero-order valence-corrected chi connectivity index (χ0v) is 15.1. The maximum Gasteiger partial charge on any atom is 0.563 e. The van der Waals surface area contributed by atoms with E-state index in [0.29, 0.717) is 18.6 Å². The van der Waals surface area contributed by atoms with E-state index >= 15 is 0 Å². The van der Waals surface area contributed by atoms with Crippen LogP contribution in [0.5, 0.6) is 0 Å². The van der Waals surface area contributed by atoms with Crippen LogP contribution < -0.4 is 5.46 Å². The molecule has 0 bridgehead atoms. The minimum absolute atomic E-state index is 0.413. The summed E-state index contributed by atoms with van der Waals surface area (Å²) in [5.74, 6) is 0.660. The predicted octanol–water partition coefficient (Wildman–Crippen LogP) is 3.68. The summed E-state index contributed by atoms with van der Waals surface area (Å²) < 4.78 is 11.9. The molecule has 4 heteroatoms. The van der Waals surface area contributed by atoms with Crippen molar-refractivity contribution in [2.24, 2.45) is 0 Å². The summed E-state index contributed by atoms with van der Waals surface area (Å²) in [6.45, 7) is 14.1. The molecule has 1 saturated heterocycles. The van der Waals surface area contributed by atoms with Crippen molar-refractivity contribution in [3.8, 4) is 0 Å². The van der Waals surface area contributed by atoms with Crippen LogP contribution in [0.2, 0.25) is 0 Å². The minimum atomic E-state index is -0.763. The quantitative estimate of drug-likeness (QED) is 0.814. The van der Waals surface area contributed by atoms with Crippen LogP contribution in [-0.2, 0) is 21.3 Å². The maximum absolute atomic E-state index is 10.8. The normalized spacial score (nSPS) is 17.5. The second-order valence-electron chi connectivity index (χ2n) is 6.90. The van der Waals surface area contributed by atoms with Gasteiger partial charge in [0, 0.05) is 5.46 Å². The lowest BCUT2D eigenvalue weighted by atomic mass is 9.73. The smallest absolute Gasteiger partial charge is 0.534 e. The fraction of sp³-hybridized carbons (Fsp3) is 0.579. The van der Waals surface area contributed by atoms with E-state index < -0.39 is 18.3 Å². The molecule has 1 aliphatic rings. The summed E-state index contributed by atoms with van der Waals surface area (Å²) in [5.41, 5.74) is 1.96. The third-order valence-corrected chi connectivity index (χ3v) is 4.95. The van der Waals surface area contributed by atoms with Crippen molar-refractivity contribution in [3.05, 3.63) is 41.7 Å². The lowest BCUT2D eigenvalue weighted by molar-refractivity contribution is 0.0283. The number of hydrogen-bond acceptors (Lipinski definition) is 3. The van der Waals surface area contributed by atoms with Crippen LogP contribution in [-0.4, -0.2) is 17.8 Å². The number of aliphatic hydroxyl groups is 1. The van der Waals surface area contributed by atoms with E-state index in [9.17, 15) is 5.11 Å². The van der Waals surface area contributed by atoms with Gasteiger partial charge in [-0.1, -0.05) is 52.0 Å². The fourth-order valence-electron chi connectivity index (χ4n) is 3.02. The Morgan fingerprint density at radius 1 is 1.22 bits per heavy atom. The molecule has 126 valence electrons. The second kappa shape index (κ2) is 6.70. The van der Waals surface area contributed by atoms with E-state index in [2.05, 4.69) is 19.6 Å². The van der Waals surface area contributed by atoms with Crippen LogP contribution >= 0.6 is 0 Å². The van der Waals surface area contributed by atoms with Crippen LogP contribution in [0.3, 0.4) is 0 Å². The van der Waals surface area contributed by atoms with Gasteiger partial charge in [0.1, 0.15) is 5.60 Å². The Kier molecular flexibility index (Phi) is 5.27. The van der Waals surface area contributed by atoms with Gasteiger partial charge in [0.25, 0.3) is 0 Å². The fourth-order valence-corrected chi connectivity index (χ4v) is 3.02. The van der Waals surface area contributed by atoms with Gasteiger partial charge in [0.05, 0.1) is 11.4 Å². The first kappa shape index (κ1) is 18.1. The number of hydrogen-bond donors (Lipinski definition) is 1. The monoisotopic (exact) mass is 316 g/mol. The molecule has 1 N–H and O–H groups in total. The molecular weight excluding hydrogens is 287 g/mol. The predicted molar refractivity (Wildman–Crippen MR) is 95.7 cm³/mol. The van der Waals surface area contributed by atoms with E-state index in [0.717, 1.165) is 23.9 Å². The first-order chi connectivity index (χ1) is 10.8. The van der Waals surface area contributed by atoms with Gasteiger partial charge in [-0.05, 0) is 44.2 Å². The van der Waals surface area contributed by atoms with Gasteiger partial charge < -0.3 is 14.4 Å². The molecular formula is C19H29BO3. The largest absolute Gasteiger partial charge is 0.563 e. The zero-order valence-electron chi connectivity index (χ0n) is 15.1. The molecule has 1 heterocycles. The molecule has 3 nitrogen and oxygen atoms in total. The van der Waals surface area contributed by atoms with E-state index in [1.807, 2.05) is 39.8 Å². The Morgan fingerprint density at radius 3 is 2.35 bits per heavy atom. The third-order valence-electron chi connectivity index (χ3n) is 4.95. The molecule has 23 heavy (non-hydrogen) atoms. The molecule has 0 amide bonds. The summed E-state index contributed by atoms with van der Waals surface area (Å²) in [6.07, 6.45) is 3.37. The molecule has 0 saturated carbocycles. The van der Waals surface area contributed by atoms with Gasteiger partial charge in [-0.2, -0.15) is 0 Å². The van der Waals surface area contributed by atoms with Crippen molar-refractivity contribution in [1.82, 2.24) is 0 Å². The van der Waals surface area contributed by atoms with Gasteiger partial charge in [-0.25, -0.2) is 0 Å². The topological polar surface area (TPSA) is 38.7 Å².